The summed E-state index contributed by atoms with van der Waals surface area (Å²) < 4.78 is 30.1. The Morgan fingerprint density at radius 3 is 2.34 bits per heavy atom. The summed E-state index contributed by atoms with van der Waals surface area (Å²) >= 11 is 0. The van der Waals surface area contributed by atoms with Crippen molar-refractivity contribution in [2.45, 2.75) is 63.9 Å². The van der Waals surface area contributed by atoms with Gasteiger partial charge in [-0.25, -0.2) is 0 Å². The highest BCUT2D eigenvalue weighted by atomic mass is 16.8. The first-order valence-corrected chi connectivity index (χ1v) is 9.82. The minimum Gasteiger partial charge on any atom is -0.455 e. The van der Waals surface area contributed by atoms with Crippen LogP contribution in [-0.2, 0) is 35.1 Å². The number of hydrogen-bond acceptors (Lipinski definition) is 6. The molecule has 2 heterocycles. The average molecular weight is 398 g/mol. The average Bonchev–Trinajstić information content (AvgIpc) is 3.17. The van der Waals surface area contributed by atoms with Gasteiger partial charge in [0.25, 0.3) is 0 Å². The molecule has 0 saturated carbocycles. The maximum atomic E-state index is 11.8. The Kier molecular flexibility index (Phi) is 5.69. The quantitative estimate of drug-likeness (QED) is 0.691. The molecule has 0 aliphatic carbocycles. The van der Waals surface area contributed by atoms with Gasteiger partial charge in [-0.1, -0.05) is 60.7 Å². The molecule has 0 N–H and O–H groups in total. The summed E-state index contributed by atoms with van der Waals surface area (Å²) in [5.41, 5.74) is 1.87. The van der Waals surface area contributed by atoms with Gasteiger partial charge < -0.3 is 23.7 Å². The molecule has 6 nitrogen and oxygen atoms in total. The van der Waals surface area contributed by atoms with Crippen molar-refractivity contribution in [3.05, 3.63) is 71.8 Å². The van der Waals surface area contributed by atoms with Gasteiger partial charge in [-0.2, -0.15) is 0 Å². The Hall–Kier alpha value is -2.25. The van der Waals surface area contributed by atoms with Gasteiger partial charge in [0.15, 0.2) is 18.2 Å². The van der Waals surface area contributed by atoms with Crippen molar-refractivity contribution in [1.29, 1.82) is 0 Å². The second-order valence-corrected chi connectivity index (χ2v) is 7.77. The largest absolute Gasteiger partial charge is 0.455 e. The van der Waals surface area contributed by atoms with Crippen LogP contribution in [0.5, 0.6) is 0 Å². The van der Waals surface area contributed by atoms with E-state index in [1.165, 1.54) is 6.92 Å². The minimum absolute atomic E-state index is 0.386. The summed E-state index contributed by atoms with van der Waals surface area (Å²) in [5.74, 6) is -1.15. The molecule has 2 saturated heterocycles. The molecule has 5 atom stereocenters. The lowest BCUT2D eigenvalue weighted by Gasteiger charge is -2.30. The molecule has 2 aliphatic heterocycles. The first-order chi connectivity index (χ1) is 13.9. The van der Waals surface area contributed by atoms with Crippen LogP contribution >= 0.6 is 0 Å². The second-order valence-electron chi connectivity index (χ2n) is 7.77. The zero-order chi connectivity index (χ0) is 20.4. The highest BCUT2D eigenvalue weighted by Gasteiger charge is 2.58. The molecule has 154 valence electrons. The fourth-order valence-corrected chi connectivity index (χ4v) is 3.85. The van der Waals surface area contributed by atoms with Crippen LogP contribution in [0.4, 0.5) is 0 Å². The number of benzene rings is 2. The number of carbonyl (C=O) groups is 1. The van der Waals surface area contributed by atoms with Crippen LogP contribution in [-0.4, -0.2) is 36.4 Å². The first kappa shape index (κ1) is 20.0. The van der Waals surface area contributed by atoms with E-state index in [-0.39, 0.29) is 5.97 Å². The molecule has 5 unspecified atom stereocenters. The predicted octanol–water partition coefficient (Wildman–Crippen LogP) is 3.75. The lowest BCUT2D eigenvalue weighted by atomic mass is 9.98. The minimum atomic E-state index is -0.766. The van der Waals surface area contributed by atoms with Gasteiger partial charge in [-0.3, -0.25) is 4.79 Å². The standard InChI is InChI=1S/C23H26O6/c1-15(24)26-18(17-12-8-5-9-13-17)20-19(25-14-16-10-6-4-7-11-16)21-22(27-20)29-23(2,3)28-21/h4-13,18-22H,14H2,1-3H3. The van der Waals surface area contributed by atoms with E-state index >= 15 is 0 Å². The third kappa shape index (κ3) is 4.51. The molecular weight excluding hydrogens is 372 g/mol. The third-order valence-corrected chi connectivity index (χ3v) is 5.03. The van der Waals surface area contributed by atoms with Gasteiger partial charge in [0.1, 0.15) is 18.3 Å². The summed E-state index contributed by atoms with van der Waals surface area (Å²) in [6.07, 6.45) is -2.66. The molecule has 6 heteroatoms. The smallest absolute Gasteiger partial charge is 0.303 e. The van der Waals surface area contributed by atoms with Crippen LogP contribution in [0, 0.1) is 0 Å². The second kappa shape index (κ2) is 8.24. The normalized spacial score (nSPS) is 28.7. The zero-order valence-electron chi connectivity index (χ0n) is 16.8. The first-order valence-electron chi connectivity index (χ1n) is 9.82. The lowest BCUT2D eigenvalue weighted by molar-refractivity contribution is -0.234. The van der Waals surface area contributed by atoms with Gasteiger partial charge >= 0.3 is 5.97 Å². The summed E-state index contributed by atoms with van der Waals surface area (Å²) in [7, 11) is 0. The molecule has 2 aromatic rings. The fraction of sp³-hybridized carbons (Fsp3) is 0.435. The van der Waals surface area contributed by atoms with Crippen LogP contribution < -0.4 is 0 Å². The Balaban J connectivity index is 1.61. The third-order valence-electron chi connectivity index (χ3n) is 5.03. The number of ether oxygens (including phenoxy) is 5. The Labute approximate surface area is 170 Å². The van der Waals surface area contributed by atoms with E-state index in [2.05, 4.69) is 0 Å². The van der Waals surface area contributed by atoms with Crippen LogP contribution in [0.1, 0.15) is 38.0 Å². The zero-order valence-corrected chi connectivity index (χ0v) is 16.8. The number of fused-ring (bicyclic) bond motifs is 1. The van der Waals surface area contributed by atoms with Crippen molar-refractivity contribution in [3.63, 3.8) is 0 Å². The van der Waals surface area contributed by atoms with E-state index in [4.69, 9.17) is 23.7 Å². The Bertz CT molecular complexity index is 822. The van der Waals surface area contributed by atoms with E-state index in [0.717, 1.165) is 11.1 Å². The monoisotopic (exact) mass is 398 g/mol. The van der Waals surface area contributed by atoms with Gasteiger partial charge in [-0.05, 0) is 25.0 Å². The molecule has 0 spiro atoms. The molecular formula is C23H26O6. The Morgan fingerprint density at radius 2 is 1.69 bits per heavy atom. The molecule has 0 radical (unpaired) electrons. The van der Waals surface area contributed by atoms with Crippen LogP contribution in [0.3, 0.4) is 0 Å². The number of carbonyl (C=O) groups excluding carboxylic acids is 1. The van der Waals surface area contributed by atoms with Crippen molar-refractivity contribution in [1.82, 2.24) is 0 Å². The summed E-state index contributed by atoms with van der Waals surface area (Å²) in [6, 6.07) is 19.4. The van der Waals surface area contributed by atoms with Crippen molar-refractivity contribution in [3.8, 4) is 0 Å². The molecule has 0 aromatic heterocycles. The van der Waals surface area contributed by atoms with Gasteiger partial charge in [0, 0.05) is 6.92 Å². The van der Waals surface area contributed by atoms with Crippen LogP contribution in [0.25, 0.3) is 0 Å². The van der Waals surface area contributed by atoms with Gasteiger partial charge in [0.05, 0.1) is 6.61 Å². The van der Waals surface area contributed by atoms with Crippen molar-refractivity contribution in [2.75, 3.05) is 0 Å². The van der Waals surface area contributed by atoms with E-state index < -0.39 is 36.5 Å². The topological polar surface area (TPSA) is 63.2 Å². The number of rotatable bonds is 6. The van der Waals surface area contributed by atoms with E-state index in [1.54, 1.807) is 0 Å². The van der Waals surface area contributed by atoms with E-state index in [9.17, 15) is 4.79 Å². The maximum Gasteiger partial charge on any atom is 0.303 e. The van der Waals surface area contributed by atoms with Crippen molar-refractivity contribution >= 4 is 5.97 Å². The summed E-state index contributed by atoms with van der Waals surface area (Å²) in [4.78, 5) is 11.8. The molecule has 0 bridgehead atoms. The highest BCUT2D eigenvalue weighted by molar-refractivity contribution is 5.66. The van der Waals surface area contributed by atoms with Gasteiger partial charge in [0.2, 0.25) is 0 Å². The molecule has 29 heavy (non-hydrogen) atoms. The predicted molar refractivity (Wildman–Crippen MR) is 105 cm³/mol. The lowest BCUT2D eigenvalue weighted by Crippen LogP contribution is -2.40. The molecule has 2 aliphatic rings. The maximum absolute atomic E-state index is 11.8. The van der Waals surface area contributed by atoms with Crippen molar-refractivity contribution in [2.24, 2.45) is 0 Å². The molecule has 0 amide bonds. The fourth-order valence-electron chi connectivity index (χ4n) is 3.85. The van der Waals surface area contributed by atoms with Crippen LogP contribution in [0.2, 0.25) is 0 Å². The van der Waals surface area contributed by atoms with Crippen molar-refractivity contribution < 1.29 is 28.5 Å². The molecule has 2 fully saturated rings. The van der Waals surface area contributed by atoms with E-state index in [0.29, 0.717) is 6.61 Å². The number of hydrogen-bond donors (Lipinski definition) is 0. The summed E-state index contributed by atoms with van der Waals surface area (Å²) in [5, 5.41) is 0. The summed E-state index contributed by atoms with van der Waals surface area (Å²) in [6.45, 7) is 5.47. The molecule has 4 rings (SSSR count). The molecule has 2 aromatic carbocycles. The van der Waals surface area contributed by atoms with Crippen LogP contribution in [0.15, 0.2) is 60.7 Å². The SMILES string of the molecule is CC(=O)OC(c1ccccc1)C1OC2OC(C)(C)OC2C1OCc1ccccc1. The highest BCUT2D eigenvalue weighted by Crippen LogP contribution is 2.43. The van der Waals surface area contributed by atoms with E-state index in [1.807, 2.05) is 74.5 Å². The Morgan fingerprint density at radius 1 is 1.03 bits per heavy atom. The number of esters is 1. The van der Waals surface area contributed by atoms with Gasteiger partial charge in [-0.15, -0.1) is 0 Å².